The highest BCUT2D eigenvalue weighted by atomic mass is 16.5. The number of hydrogen-bond donors (Lipinski definition) is 1. The number of methoxy groups -OCH3 is 1. The summed E-state index contributed by atoms with van der Waals surface area (Å²) in [5.74, 6) is 0.753. The molecule has 3 heteroatoms. The Bertz CT molecular complexity index is 580. The molecule has 0 aliphatic heterocycles. The molecule has 1 aliphatic carbocycles. The van der Waals surface area contributed by atoms with Gasteiger partial charge in [0.25, 0.3) is 0 Å². The van der Waals surface area contributed by atoms with Crippen molar-refractivity contribution < 1.29 is 14.6 Å². The van der Waals surface area contributed by atoms with Crippen LogP contribution in [0.2, 0.25) is 0 Å². The Morgan fingerprint density at radius 1 is 1.25 bits per heavy atom. The van der Waals surface area contributed by atoms with Gasteiger partial charge < -0.3 is 9.84 Å². The molecule has 20 heavy (non-hydrogen) atoms. The van der Waals surface area contributed by atoms with Crippen LogP contribution in [0.3, 0.4) is 0 Å². The van der Waals surface area contributed by atoms with E-state index in [2.05, 4.69) is 13.8 Å². The third-order valence-corrected chi connectivity index (χ3v) is 3.38. The van der Waals surface area contributed by atoms with E-state index in [4.69, 9.17) is 4.74 Å². The minimum atomic E-state index is 0.0259. The number of phenols is 1. The number of allylic oxidation sites excluding steroid dienone is 3. The lowest BCUT2D eigenvalue weighted by Crippen LogP contribution is -2.21. The summed E-state index contributed by atoms with van der Waals surface area (Å²) < 4.78 is 5.07. The smallest absolute Gasteiger partial charge is 0.161 e. The quantitative estimate of drug-likeness (QED) is 0.912. The van der Waals surface area contributed by atoms with Gasteiger partial charge >= 0.3 is 0 Å². The maximum atomic E-state index is 11.7. The van der Waals surface area contributed by atoms with E-state index in [1.165, 1.54) is 7.11 Å². The monoisotopic (exact) mass is 272 g/mol. The van der Waals surface area contributed by atoms with Crippen LogP contribution in [-0.2, 0) is 4.79 Å². The Morgan fingerprint density at radius 3 is 2.65 bits per heavy atom. The van der Waals surface area contributed by atoms with Gasteiger partial charge in [0.1, 0.15) is 0 Å². The van der Waals surface area contributed by atoms with Gasteiger partial charge in [-0.2, -0.15) is 0 Å². The molecule has 2 rings (SSSR count). The molecule has 0 amide bonds. The second kappa shape index (κ2) is 5.53. The first kappa shape index (κ1) is 14.4. The molecule has 1 aliphatic rings. The third-order valence-electron chi connectivity index (χ3n) is 3.38. The molecule has 1 aromatic rings. The zero-order chi connectivity index (χ0) is 14.8. The van der Waals surface area contributed by atoms with E-state index in [1.807, 2.05) is 18.2 Å². The minimum absolute atomic E-state index is 0.0259. The number of benzene rings is 1. The first-order valence-corrected chi connectivity index (χ1v) is 6.68. The van der Waals surface area contributed by atoms with Crippen LogP contribution in [0.5, 0.6) is 11.5 Å². The van der Waals surface area contributed by atoms with Gasteiger partial charge in [-0.25, -0.2) is 0 Å². The summed E-state index contributed by atoms with van der Waals surface area (Å²) in [7, 11) is 1.52. The molecule has 1 N–H and O–H groups in total. The molecule has 0 radical (unpaired) electrons. The van der Waals surface area contributed by atoms with Crippen molar-refractivity contribution in [1.29, 1.82) is 0 Å². The molecule has 0 fully saturated rings. The van der Waals surface area contributed by atoms with Gasteiger partial charge in [0, 0.05) is 6.42 Å². The van der Waals surface area contributed by atoms with Crippen LogP contribution in [0, 0.1) is 5.41 Å². The van der Waals surface area contributed by atoms with Crippen molar-refractivity contribution in [1.82, 2.24) is 0 Å². The summed E-state index contributed by atoms with van der Waals surface area (Å²) >= 11 is 0. The van der Waals surface area contributed by atoms with Gasteiger partial charge in [-0.3, -0.25) is 4.79 Å². The number of aromatic hydroxyl groups is 1. The van der Waals surface area contributed by atoms with Crippen LogP contribution >= 0.6 is 0 Å². The average molecular weight is 272 g/mol. The van der Waals surface area contributed by atoms with Crippen molar-refractivity contribution in [3.8, 4) is 11.5 Å². The number of ether oxygens (including phenoxy) is 1. The molecule has 0 unspecified atom stereocenters. The van der Waals surface area contributed by atoms with Crippen molar-refractivity contribution in [2.45, 2.75) is 26.7 Å². The number of rotatable bonds is 3. The Kier molecular flexibility index (Phi) is 3.98. The van der Waals surface area contributed by atoms with Crippen LogP contribution in [0.15, 0.2) is 35.9 Å². The van der Waals surface area contributed by atoms with Gasteiger partial charge in [-0.05, 0) is 41.2 Å². The predicted octanol–water partition coefficient (Wildman–Crippen LogP) is 3.73. The average Bonchev–Trinajstić information content (AvgIpc) is 2.35. The van der Waals surface area contributed by atoms with E-state index in [0.717, 1.165) is 17.6 Å². The molecule has 0 aromatic heterocycles. The van der Waals surface area contributed by atoms with Gasteiger partial charge in [0.2, 0.25) is 0 Å². The van der Waals surface area contributed by atoms with Crippen LogP contribution in [-0.4, -0.2) is 18.0 Å². The number of hydrogen-bond acceptors (Lipinski definition) is 3. The molecule has 1 aromatic carbocycles. The third kappa shape index (κ3) is 3.50. The number of phenolic OH excluding ortho intramolecular Hbond substituents is 1. The molecule has 0 saturated carbocycles. The summed E-state index contributed by atoms with van der Waals surface area (Å²) in [6.07, 6.45) is 7.12. The highest BCUT2D eigenvalue weighted by Gasteiger charge is 2.26. The minimum Gasteiger partial charge on any atom is -0.504 e. The normalized spacial score (nSPS) is 18.1. The van der Waals surface area contributed by atoms with E-state index >= 15 is 0 Å². The first-order valence-electron chi connectivity index (χ1n) is 6.68. The highest BCUT2D eigenvalue weighted by molar-refractivity contribution is 5.92. The summed E-state index contributed by atoms with van der Waals surface area (Å²) in [5, 5.41) is 9.55. The maximum Gasteiger partial charge on any atom is 0.161 e. The fourth-order valence-corrected chi connectivity index (χ4v) is 2.50. The number of ketones is 1. The van der Waals surface area contributed by atoms with E-state index in [-0.39, 0.29) is 16.9 Å². The second-order valence-corrected chi connectivity index (χ2v) is 5.97. The van der Waals surface area contributed by atoms with E-state index in [0.29, 0.717) is 12.2 Å². The van der Waals surface area contributed by atoms with Gasteiger partial charge in [0.05, 0.1) is 7.11 Å². The second-order valence-electron chi connectivity index (χ2n) is 5.97. The Morgan fingerprint density at radius 2 is 2.00 bits per heavy atom. The Balaban J connectivity index is 2.19. The summed E-state index contributed by atoms with van der Waals surface area (Å²) in [4.78, 5) is 11.7. The molecule has 3 nitrogen and oxygen atoms in total. The van der Waals surface area contributed by atoms with Crippen molar-refractivity contribution in [3.63, 3.8) is 0 Å². The molecule has 0 heterocycles. The van der Waals surface area contributed by atoms with Crippen molar-refractivity contribution >= 4 is 11.9 Å². The van der Waals surface area contributed by atoms with Crippen molar-refractivity contribution in [2.24, 2.45) is 5.41 Å². The van der Waals surface area contributed by atoms with Crippen LogP contribution in [0.4, 0.5) is 0 Å². The summed E-state index contributed by atoms with van der Waals surface area (Å²) in [6, 6.07) is 5.18. The SMILES string of the molecule is COc1cc(/C=C\C2=CC(=O)CC(C)(C)C2)ccc1O. The van der Waals surface area contributed by atoms with Gasteiger partial charge in [-0.15, -0.1) is 0 Å². The molecule has 0 bridgehead atoms. The highest BCUT2D eigenvalue weighted by Crippen LogP contribution is 2.34. The lowest BCUT2D eigenvalue weighted by atomic mass is 9.77. The lowest BCUT2D eigenvalue weighted by Gasteiger charge is -2.27. The van der Waals surface area contributed by atoms with E-state index in [9.17, 15) is 9.90 Å². The van der Waals surface area contributed by atoms with Crippen LogP contribution in [0.25, 0.3) is 6.08 Å². The van der Waals surface area contributed by atoms with Crippen molar-refractivity contribution in [2.75, 3.05) is 7.11 Å². The van der Waals surface area contributed by atoms with Crippen LogP contribution < -0.4 is 4.74 Å². The molecule has 0 saturated heterocycles. The predicted molar refractivity (Wildman–Crippen MR) is 79.8 cm³/mol. The summed E-state index contributed by atoms with van der Waals surface area (Å²) in [6.45, 7) is 4.21. The van der Waals surface area contributed by atoms with Gasteiger partial charge in [0.15, 0.2) is 17.3 Å². The zero-order valence-corrected chi connectivity index (χ0v) is 12.1. The van der Waals surface area contributed by atoms with Gasteiger partial charge in [-0.1, -0.05) is 32.1 Å². The Hall–Kier alpha value is -2.03. The molecule has 106 valence electrons. The van der Waals surface area contributed by atoms with Crippen LogP contribution in [0.1, 0.15) is 32.3 Å². The first-order chi connectivity index (χ1) is 9.39. The molecular weight excluding hydrogens is 252 g/mol. The topological polar surface area (TPSA) is 46.5 Å². The number of carbonyl (C=O) groups excluding carboxylic acids is 1. The van der Waals surface area contributed by atoms with E-state index < -0.39 is 0 Å². The number of carbonyl (C=O) groups is 1. The molecule has 0 spiro atoms. The zero-order valence-electron chi connectivity index (χ0n) is 12.1. The fourth-order valence-electron chi connectivity index (χ4n) is 2.50. The molecule has 0 atom stereocenters. The molecular formula is C17H20O3. The van der Waals surface area contributed by atoms with E-state index in [1.54, 1.807) is 18.2 Å². The maximum absolute atomic E-state index is 11.7. The fraction of sp³-hybridized carbons (Fsp3) is 0.353. The standard InChI is InChI=1S/C17H20O3/c1-17(2)10-13(8-14(18)11-17)5-4-12-6-7-15(19)16(9-12)20-3/h4-9,19H,10-11H2,1-3H3/b5-4-. The largest absolute Gasteiger partial charge is 0.504 e. The van der Waals surface area contributed by atoms with Crippen molar-refractivity contribution in [3.05, 3.63) is 41.5 Å². The summed E-state index contributed by atoms with van der Waals surface area (Å²) in [5.41, 5.74) is 1.99. The Labute approximate surface area is 119 Å². The lowest BCUT2D eigenvalue weighted by molar-refractivity contribution is -0.116.